The van der Waals surface area contributed by atoms with Crippen molar-refractivity contribution in [2.45, 2.75) is 24.3 Å². The number of anilines is 3. The number of nitrogens with one attached hydrogen (secondary N) is 1. The minimum absolute atomic E-state index is 0.0914. The number of para-hydroxylation sites is 2. The predicted octanol–water partition coefficient (Wildman–Crippen LogP) is 2.83. The van der Waals surface area contributed by atoms with Crippen LogP contribution in [-0.4, -0.2) is 67.3 Å². The molecule has 0 bridgehead atoms. The third kappa shape index (κ3) is 3.58. The van der Waals surface area contributed by atoms with Gasteiger partial charge in [0.1, 0.15) is 5.82 Å². The van der Waals surface area contributed by atoms with Crippen LogP contribution in [0.5, 0.6) is 0 Å². The quantitative estimate of drug-likeness (QED) is 0.442. The number of morpholine rings is 1. The van der Waals surface area contributed by atoms with Crippen LogP contribution in [-0.2, 0) is 21.2 Å². The van der Waals surface area contributed by atoms with E-state index in [2.05, 4.69) is 22.1 Å². The van der Waals surface area contributed by atoms with Crippen molar-refractivity contribution in [2.24, 2.45) is 0 Å². The summed E-state index contributed by atoms with van der Waals surface area (Å²) in [6.45, 7) is 4.22. The van der Waals surface area contributed by atoms with Crippen molar-refractivity contribution in [3.8, 4) is 5.95 Å². The number of ether oxygens (including phenoxy) is 1. The molecule has 0 saturated carbocycles. The number of nitrogens with zero attached hydrogens (tertiary/aromatic N) is 6. The maximum Gasteiger partial charge on any atom is 0.265 e. The molecule has 2 aliphatic heterocycles. The van der Waals surface area contributed by atoms with E-state index in [1.54, 1.807) is 37.4 Å². The lowest BCUT2D eigenvalue weighted by Crippen LogP contribution is -2.44. The molecule has 1 atom stereocenters. The molecule has 2 aromatic heterocycles. The summed E-state index contributed by atoms with van der Waals surface area (Å²) < 4.78 is 36.3. The average molecular weight is 506 g/mol. The van der Waals surface area contributed by atoms with Crippen LogP contribution in [0, 0.1) is 0 Å². The molecular weight excluding hydrogens is 478 g/mol. The van der Waals surface area contributed by atoms with Gasteiger partial charge < -0.3 is 15.0 Å². The van der Waals surface area contributed by atoms with Crippen molar-refractivity contribution in [1.82, 2.24) is 19.5 Å². The maximum atomic E-state index is 13.7. The van der Waals surface area contributed by atoms with Gasteiger partial charge in [0.2, 0.25) is 11.9 Å². The minimum Gasteiger partial charge on any atom is -0.377 e. The number of hydrogen-bond donors (Lipinski definition) is 1. The molecule has 2 aliphatic rings. The SMILES string of the molecule is CNc1nc2ccccc2n1-c1nc(N2CCOC[C@H]2C)c2c(n1)N(S(=O)(=O)c1ccccc1)CC2. The van der Waals surface area contributed by atoms with Crippen LogP contribution in [0.25, 0.3) is 17.0 Å². The van der Waals surface area contributed by atoms with Gasteiger partial charge in [-0.15, -0.1) is 0 Å². The van der Waals surface area contributed by atoms with Crippen LogP contribution >= 0.6 is 0 Å². The van der Waals surface area contributed by atoms with E-state index < -0.39 is 10.0 Å². The zero-order chi connectivity index (χ0) is 24.9. The summed E-state index contributed by atoms with van der Waals surface area (Å²) in [4.78, 5) is 17.0. The molecule has 1 saturated heterocycles. The van der Waals surface area contributed by atoms with Gasteiger partial charge in [-0.1, -0.05) is 30.3 Å². The van der Waals surface area contributed by atoms with Crippen LogP contribution in [0.4, 0.5) is 17.6 Å². The van der Waals surface area contributed by atoms with Gasteiger partial charge in [-0.2, -0.15) is 9.97 Å². The highest BCUT2D eigenvalue weighted by atomic mass is 32.2. The van der Waals surface area contributed by atoms with E-state index in [0.717, 1.165) is 22.4 Å². The Kier molecular flexibility index (Phi) is 5.53. The molecule has 11 heteroatoms. The van der Waals surface area contributed by atoms with Crippen LogP contribution in [0.1, 0.15) is 12.5 Å². The first kappa shape index (κ1) is 22.7. The van der Waals surface area contributed by atoms with Crippen molar-refractivity contribution in [3.05, 3.63) is 60.2 Å². The fourth-order valence-corrected chi connectivity index (χ4v) is 6.39. The summed E-state index contributed by atoms with van der Waals surface area (Å²) in [6.07, 6.45) is 0.532. The van der Waals surface area contributed by atoms with Crippen LogP contribution in [0.3, 0.4) is 0 Å². The standard InChI is InChI=1S/C25H27N7O3S/c1-17-16-35-15-14-30(17)22-19-12-13-31(36(33,34)18-8-4-3-5-9-18)23(19)29-25(28-22)32-21-11-7-6-10-20(21)27-24(32)26-2/h3-11,17H,12-16H2,1-2H3,(H,26,27)/t17-/m1/s1. The molecule has 6 rings (SSSR count). The predicted molar refractivity (Wildman–Crippen MR) is 139 cm³/mol. The molecule has 36 heavy (non-hydrogen) atoms. The molecule has 186 valence electrons. The van der Waals surface area contributed by atoms with Gasteiger partial charge in [-0.3, -0.25) is 0 Å². The Labute approximate surface area is 209 Å². The first-order chi connectivity index (χ1) is 17.5. The summed E-state index contributed by atoms with van der Waals surface area (Å²) >= 11 is 0. The van der Waals surface area contributed by atoms with Gasteiger partial charge >= 0.3 is 0 Å². The Morgan fingerprint density at radius 2 is 1.72 bits per heavy atom. The van der Waals surface area contributed by atoms with Gasteiger partial charge in [0.25, 0.3) is 10.0 Å². The number of benzene rings is 2. The molecule has 10 nitrogen and oxygen atoms in total. The Hall–Kier alpha value is -3.70. The first-order valence-electron chi connectivity index (χ1n) is 12.0. The molecule has 0 aliphatic carbocycles. The molecule has 0 amide bonds. The molecule has 2 aromatic carbocycles. The number of imidazole rings is 1. The highest BCUT2D eigenvalue weighted by molar-refractivity contribution is 7.92. The molecule has 0 unspecified atom stereocenters. The van der Waals surface area contributed by atoms with Gasteiger partial charge in [-0.05, 0) is 37.6 Å². The second-order valence-corrected chi connectivity index (χ2v) is 10.8. The van der Waals surface area contributed by atoms with E-state index in [1.807, 2.05) is 28.8 Å². The Balaban J connectivity index is 1.59. The van der Waals surface area contributed by atoms with E-state index in [-0.39, 0.29) is 10.9 Å². The van der Waals surface area contributed by atoms with Crippen molar-refractivity contribution in [2.75, 3.05) is 47.9 Å². The van der Waals surface area contributed by atoms with Crippen LogP contribution in [0.15, 0.2) is 59.5 Å². The van der Waals surface area contributed by atoms with Gasteiger partial charge in [0.15, 0.2) is 5.82 Å². The van der Waals surface area contributed by atoms with Gasteiger partial charge in [0, 0.05) is 25.7 Å². The second-order valence-electron chi connectivity index (χ2n) is 8.92. The summed E-state index contributed by atoms with van der Waals surface area (Å²) in [5, 5.41) is 3.13. The Bertz CT molecular complexity index is 1540. The third-order valence-electron chi connectivity index (χ3n) is 6.71. The van der Waals surface area contributed by atoms with Crippen LogP contribution < -0.4 is 14.5 Å². The third-order valence-corrected chi connectivity index (χ3v) is 8.51. The summed E-state index contributed by atoms with van der Waals surface area (Å²) in [6, 6.07) is 16.3. The summed E-state index contributed by atoms with van der Waals surface area (Å²) in [7, 11) is -2.00. The Morgan fingerprint density at radius 1 is 0.972 bits per heavy atom. The van der Waals surface area contributed by atoms with E-state index in [9.17, 15) is 8.42 Å². The lowest BCUT2D eigenvalue weighted by molar-refractivity contribution is 0.0984. The van der Waals surface area contributed by atoms with Crippen LogP contribution in [0.2, 0.25) is 0 Å². The number of sulfonamides is 1. The molecule has 0 spiro atoms. The highest BCUT2D eigenvalue weighted by Gasteiger charge is 2.37. The second kappa shape index (κ2) is 8.75. The zero-order valence-electron chi connectivity index (χ0n) is 20.1. The van der Waals surface area contributed by atoms with Gasteiger partial charge in [-0.25, -0.2) is 22.3 Å². The number of rotatable bonds is 5. The van der Waals surface area contributed by atoms with Crippen molar-refractivity contribution in [1.29, 1.82) is 0 Å². The monoisotopic (exact) mass is 505 g/mol. The molecule has 1 N–H and O–H groups in total. The molecule has 4 aromatic rings. The average Bonchev–Trinajstić information content (AvgIpc) is 3.51. The fraction of sp³-hybridized carbons (Fsp3) is 0.320. The molecule has 0 radical (unpaired) electrons. The van der Waals surface area contributed by atoms with E-state index in [1.165, 1.54) is 4.31 Å². The number of aromatic nitrogens is 4. The zero-order valence-corrected chi connectivity index (χ0v) is 20.9. The lowest BCUT2D eigenvalue weighted by atomic mass is 10.2. The summed E-state index contributed by atoms with van der Waals surface area (Å²) in [5.74, 6) is 2.11. The van der Waals surface area contributed by atoms with Crippen molar-refractivity contribution < 1.29 is 13.2 Å². The normalized spacial score (nSPS) is 18.0. The smallest absolute Gasteiger partial charge is 0.265 e. The summed E-state index contributed by atoms with van der Waals surface area (Å²) in [5.41, 5.74) is 2.46. The van der Waals surface area contributed by atoms with Crippen molar-refractivity contribution >= 4 is 38.6 Å². The van der Waals surface area contributed by atoms with Crippen molar-refractivity contribution in [3.63, 3.8) is 0 Å². The largest absolute Gasteiger partial charge is 0.377 e. The maximum absolute atomic E-state index is 13.7. The van der Waals surface area contributed by atoms with E-state index in [4.69, 9.17) is 14.7 Å². The highest BCUT2D eigenvalue weighted by Crippen LogP contribution is 2.38. The fourth-order valence-electron chi connectivity index (χ4n) is 4.93. The molecule has 1 fully saturated rings. The van der Waals surface area contributed by atoms with E-state index >= 15 is 0 Å². The Morgan fingerprint density at radius 3 is 2.50 bits per heavy atom. The minimum atomic E-state index is -3.80. The lowest BCUT2D eigenvalue weighted by Gasteiger charge is -2.35. The molecular formula is C25H27N7O3S. The number of fused-ring (bicyclic) bond motifs is 2. The first-order valence-corrected chi connectivity index (χ1v) is 13.4. The number of hydrogen-bond acceptors (Lipinski definition) is 8. The van der Waals surface area contributed by atoms with E-state index in [0.29, 0.717) is 50.4 Å². The van der Waals surface area contributed by atoms with Gasteiger partial charge in [0.05, 0.1) is 35.2 Å². The molecule has 4 heterocycles. The topological polar surface area (TPSA) is 105 Å².